The minimum Gasteiger partial charge on any atom is -0.455 e. The molecule has 6 nitrogen and oxygen atoms in total. The highest BCUT2D eigenvalue weighted by Crippen LogP contribution is 2.45. The Kier molecular flexibility index (Phi) is 6.82. The standard InChI is InChI=1S/C53H35N5O/c1-2-16-38(17-3-1)57-45-28-26-40-39-18-9-11-21-46(39)59-50(40)48(45)42-27-29-44-47(49(42)57)41-19-8-10-20-43(41)58(44)53-55-51(36-24-22-32-12-4-6-14-34(32)30-36)54-52(56-53)37-25-23-33-13-5-7-15-35(33)31-37/h1-31,51-52,54H,(H,55,56). The third kappa shape index (κ3) is 4.81. The second-order valence-corrected chi connectivity index (χ2v) is 15.6. The maximum Gasteiger partial charge on any atom is 0.206 e. The van der Waals surface area contributed by atoms with E-state index in [0.717, 1.165) is 88.3 Å². The molecule has 0 saturated carbocycles. The van der Waals surface area contributed by atoms with E-state index in [2.05, 4.69) is 202 Å². The quantitative estimate of drug-likeness (QED) is 0.189. The van der Waals surface area contributed by atoms with E-state index in [4.69, 9.17) is 9.41 Å². The fourth-order valence-corrected chi connectivity index (χ4v) is 9.66. The average Bonchev–Trinajstić information content (AvgIpc) is 3.96. The monoisotopic (exact) mass is 757 g/mol. The first-order valence-corrected chi connectivity index (χ1v) is 20.2. The summed E-state index contributed by atoms with van der Waals surface area (Å²) in [6, 6.07) is 67.3. The number of aliphatic imine (C=N–C) groups is 1. The van der Waals surface area contributed by atoms with Crippen molar-refractivity contribution in [3.05, 3.63) is 199 Å². The molecule has 0 spiro atoms. The third-order valence-corrected chi connectivity index (χ3v) is 12.3. The van der Waals surface area contributed by atoms with Crippen LogP contribution in [0.3, 0.4) is 0 Å². The van der Waals surface area contributed by atoms with Crippen LogP contribution in [0.15, 0.2) is 197 Å². The summed E-state index contributed by atoms with van der Waals surface area (Å²) in [5, 5.41) is 19.4. The van der Waals surface area contributed by atoms with Crippen LogP contribution in [0.25, 0.3) is 92.8 Å². The maximum atomic E-state index is 6.73. The van der Waals surface area contributed by atoms with E-state index >= 15 is 0 Å². The first kappa shape index (κ1) is 32.4. The third-order valence-electron chi connectivity index (χ3n) is 12.3. The molecule has 9 aromatic carbocycles. The SMILES string of the molecule is c1ccc(-n2c3ccc4c5ccccc5oc4c3c3ccc4c(c5ccccc5n4C4=NC(c5ccc6ccccc6c5)NC(c5ccc6ccccc6c5)N4)c32)cc1. The number of benzene rings is 9. The second kappa shape index (κ2) is 12.4. The molecule has 13 rings (SSSR count). The molecular formula is C53H35N5O. The van der Waals surface area contributed by atoms with Crippen molar-refractivity contribution in [2.24, 2.45) is 4.99 Å². The van der Waals surface area contributed by atoms with E-state index in [1.807, 2.05) is 6.07 Å². The summed E-state index contributed by atoms with van der Waals surface area (Å²) in [5.41, 5.74) is 9.54. The number of fused-ring (bicyclic) bond motifs is 13. The minimum atomic E-state index is -0.315. The van der Waals surface area contributed by atoms with Crippen LogP contribution in [0.5, 0.6) is 0 Å². The largest absolute Gasteiger partial charge is 0.455 e. The molecule has 2 N–H and O–H groups in total. The van der Waals surface area contributed by atoms with Crippen LogP contribution >= 0.6 is 0 Å². The Bertz CT molecular complexity index is 3700. The van der Waals surface area contributed by atoms with Gasteiger partial charge in [0.2, 0.25) is 5.96 Å². The molecular weight excluding hydrogens is 723 g/mol. The van der Waals surface area contributed by atoms with Gasteiger partial charge < -0.3 is 14.3 Å². The summed E-state index contributed by atoms with van der Waals surface area (Å²) >= 11 is 0. The van der Waals surface area contributed by atoms with Gasteiger partial charge in [0.15, 0.2) is 0 Å². The van der Waals surface area contributed by atoms with Gasteiger partial charge in [0, 0.05) is 32.6 Å². The molecule has 0 saturated heterocycles. The van der Waals surface area contributed by atoms with Gasteiger partial charge in [-0.3, -0.25) is 9.88 Å². The Balaban J connectivity index is 1.10. The molecule has 0 aliphatic carbocycles. The summed E-state index contributed by atoms with van der Waals surface area (Å²) in [4.78, 5) is 5.54. The molecule has 278 valence electrons. The zero-order valence-corrected chi connectivity index (χ0v) is 31.8. The highest BCUT2D eigenvalue weighted by atomic mass is 16.3. The van der Waals surface area contributed by atoms with Crippen LogP contribution in [0, 0.1) is 0 Å². The topological polar surface area (TPSA) is 59.4 Å². The van der Waals surface area contributed by atoms with E-state index in [1.54, 1.807) is 0 Å². The summed E-state index contributed by atoms with van der Waals surface area (Å²) in [7, 11) is 0. The smallest absolute Gasteiger partial charge is 0.206 e. The van der Waals surface area contributed by atoms with Gasteiger partial charge in [0.1, 0.15) is 23.5 Å². The van der Waals surface area contributed by atoms with Crippen LogP contribution < -0.4 is 10.6 Å². The molecule has 1 aliphatic heterocycles. The Hall–Kier alpha value is -7.67. The van der Waals surface area contributed by atoms with Gasteiger partial charge in [-0.25, -0.2) is 4.99 Å². The van der Waals surface area contributed by atoms with Crippen LogP contribution in [0.4, 0.5) is 0 Å². The summed E-state index contributed by atoms with van der Waals surface area (Å²) < 4.78 is 11.5. The molecule has 0 amide bonds. The Morgan fingerprint density at radius 1 is 0.458 bits per heavy atom. The predicted molar refractivity (Wildman–Crippen MR) is 244 cm³/mol. The molecule has 0 bridgehead atoms. The second-order valence-electron chi connectivity index (χ2n) is 15.6. The summed E-state index contributed by atoms with van der Waals surface area (Å²) in [5.74, 6) is 0.785. The zero-order chi connectivity index (χ0) is 38.6. The maximum absolute atomic E-state index is 6.73. The lowest BCUT2D eigenvalue weighted by atomic mass is 10.0. The van der Waals surface area contributed by atoms with Gasteiger partial charge >= 0.3 is 0 Å². The Morgan fingerprint density at radius 2 is 1.08 bits per heavy atom. The van der Waals surface area contributed by atoms with Gasteiger partial charge in [0.05, 0.1) is 27.5 Å². The van der Waals surface area contributed by atoms with Gasteiger partial charge in [-0.1, -0.05) is 127 Å². The number of hydrogen-bond donors (Lipinski definition) is 2. The van der Waals surface area contributed by atoms with Crippen LogP contribution in [0.2, 0.25) is 0 Å². The first-order chi connectivity index (χ1) is 29.2. The lowest BCUT2D eigenvalue weighted by Gasteiger charge is -2.33. The number of para-hydroxylation sites is 3. The molecule has 2 atom stereocenters. The van der Waals surface area contributed by atoms with Crippen molar-refractivity contribution in [3.8, 4) is 5.69 Å². The average molecular weight is 758 g/mol. The van der Waals surface area contributed by atoms with Crippen molar-refractivity contribution < 1.29 is 4.42 Å². The fourth-order valence-electron chi connectivity index (χ4n) is 9.66. The normalized spacial score (nSPS) is 16.0. The number of rotatable bonds is 3. The van der Waals surface area contributed by atoms with Crippen molar-refractivity contribution in [2.45, 2.75) is 12.3 Å². The van der Waals surface area contributed by atoms with Crippen molar-refractivity contribution in [3.63, 3.8) is 0 Å². The van der Waals surface area contributed by atoms with Crippen LogP contribution in [0.1, 0.15) is 23.5 Å². The summed E-state index contributed by atoms with van der Waals surface area (Å²) in [6.45, 7) is 0. The van der Waals surface area contributed by atoms with E-state index in [1.165, 1.54) is 21.5 Å². The first-order valence-electron chi connectivity index (χ1n) is 20.2. The number of nitrogens with zero attached hydrogens (tertiary/aromatic N) is 3. The van der Waals surface area contributed by atoms with Gasteiger partial charge in [0.25, 0.3) is 0 Å². The minimum absolute atomic E-state index is 0.222. The summed E-state index contributed by atoms with van der Waals surface area (Å²) in [6.07, 6.45) is -0.537. The zero-order valence-electron chi connectivity index (χ0n) is 31.8. The number of hydrogen-bond acceptors (Lipinski definition) is 4. The highest BCUT2D eigenvalue weighted by molar-refractivity contribution is 6.31. The lowest BCUT2D eigenvalue weighted by molar-refractivity contribution is 0.404. The lowest BCUT2D eigenvalue weighted by Crippen LogP contribution is -2.47. The molecule has 1 aliphatic rings. The van der Waals surface area contributed by atoms with Crippen molar-refractivity contribution in [1.29, 1.82) is 0 Å². The van der Waals surface area contributed by atoms with E-state index in [9.17, 15) is 0 Å². The Morgan fingerprint density at radius 3 is 1.88 bits per heavy atom. The van der Waals surface area contributed by atoms with Crippen molar-refractivity contribution in [2.75, 3.05) is 0 Å². The molecule has 12 aromatic rings. The van der Waals surface area contributed by atoms with E-state index in [-0.39, 0.29) is 12.3 Å². The van der Waals surface area contributed by atoms with Crippen LogP contribution in [-0.2, 0) is 0 Å². The molecule has 59 heavy (non-hydrogen) atoms. The number of aromatic nitrogens is 2. The van der Waals surface area contributed by atoms with Gasteiger partial charge in [-0.15, -0.1) is 0 Å². The van der Waals surface area contributed by atoms with Crippen molar-refractivity contribution in [1.82, 2.24) is 19.8 Å². The van der Waals surface area contributed by atoms with Gasteiger partial charge in [-0.05, 0) is 93.3 Å². The molecule has 3 aromatic heterocycles. The highest BCUT2D eigenvalue weighted by Gasteiger charge is 2.29. The Labute approximate surface area is 338 Å². The number of furan rings is 1. The molecule has 4 heterocycles. The molecule has 2 unspecified atom stereocenters. The number of nitrogens with one attached hydrogen (secondary N) is 2. The molecule has 0 fully saturated rings. The van der Waals surface area contributed by atoms with E-state index in [0.29, 0.717) is 0 Å². The van der Waals surface area contributed by atoms with Crippen molar-refractivity contribution >= 4 is 93.1 Å². The fraction of sp³-hybridized carbons (Fsp3) is 0.0377. The predicted octanol–water partition coefficient (Wildman–Crippen LogP) is 12.9. The van der Waals surface area contributed by atoms with E-state index < -0.39 is 0 Å². The molecule has 0 radical (unpaired) electrons. The molecule has 6 heteroatoms. The van der Waals surface area contributed by atoms with Crippen LogP contribution in [-0.4, -0.2) is 15.1 Å². The van der Waals surface area contributed by atoms with Gasteiger partial charge in [-0.2, -0.15) is 0 Å².